The van der Waals surface area contributed by atoms with Crippen molar-refractivity contribution in [2.45, 2.75) is 143 Å². The summed E-state index contributed by atoms with van der Waals surface area (Å²) in [5.74, 6) is 0.813. The molecule has 0 rings (SSSR count). The van der Waals surface area contributed by atoms with E-state index in [9.17, 15) is 4.79 Å². The van der Waals surface area contributed by atoms with Crippen LogP contribution < -0.4 is 0 Å². The molecule has 2 nitrogen and oxygen atoms in total. The van der Waals surface area contributed by atoms with Gasteiger partial charge in [-0.1, -0.05) is 98.3 Å². The van der Waals surface area contributed by atoms with Crippen molar-refractivity contribution in [1.29, 1.82) is 0 Å². The number of hydrogen-bond acceptors (Lipinski definition) is 2. The molecule has 0 aromatic carbocycles. The van der Waals surface area contributed by atoms with Crippen LogP contribution in [0.4, 0.5) is 0 Å². The van der Waals surface area contributed by atoms with Crippen LogP contribution in [-0.2, 0) is 9.53 Å². The number of carbonyl (C=O) groups is 1. The van der Waals surface area contributed by atoms with Gasteiger partial charge >= 0.3 is 5.97 Å². The molecule has 0 radical (unpaired) electrons. The molecule has 0 unspecified atom stereocenters. The Morgan fingerprint density at radius 1 is 0.654 bits per heavy atom. The van der Waals surface area contributed by atoms with Crippen LogP contribution >= 0.6 is 0 Å². The van der Waals surface area contributed by atoms with E-state index in [1.807, 2.05) is 0 Å². The van der Waals surface area contributed by atoms with Gasteiger partial charge in [-0.25, -0.2) is 0 Å². The van der Waals surface area contributed by atoms with Crippen LogP contribution in [0.2, 0.25) is 0 Å². The molecule has 0 bridgehead atoms. The number of carbonyl (C=O) groups excluding carboxylic acids is 1. The molecule has 0 heterocycles. The van der Waals surface area contributed by atoms with Crippen molar-refractivity contribution in [3.8, 4) is 0 Å². The zero-order valence-electron chi connectivity index (χ0n) is 18.5. The van der Waals surface area contributed by atoms with E-state index in [1.165, 1.54) is 77.0 Å². The Kier molecular flexibility index (Phi) is 18.8. The molecule has 0 atom stereocenters. The van der Waals surface area contributed by atoms with Gasteiger partial charge in [0, 0.05) is 6.42 Å². The topological polar surface area (TPSA) is 26.3 Å². The van der Waals surface area contributed by atoms with Gasteiger partial charge in [0.05, 0.1) is 0 Å². The maximum Gasteiger partial charge on any atom is 0.306 e. The molecule has 26 heavy (non-hydrogen) atoms. The first-order valence-electron chi connectivity index (χ1n) is 11.8. The van der Waals surface area contributed by atoms with Gasteiger partial charge in [-0.3, -0.25) is 4.79 Å². The van der Waals surface area contributed by atoms with Gasteiger partial charge in [0.25, 0.3) is 0 Å². The lowest BCUT2D eigenvalue weighted by atomic mass is 10.0. The Labute approximate surface area is 164 Å². The highest BCUT2D eigenvalue weighted by atomic mass is 16.5. The zero-order chi connectivity index (χ0) is 19.5. The first-order valence-corrected chi connectivity index (χ1v) is 11.8. The summed E-state index contributed by atoms with van der Waals surface area (Å²) >= 11 is 0. The second-order valence-corrected chi connectivity index (χ2v) is 8.51. The number of ether oxygens (including phenoxy) is 1. The van der Waals surface area contributed by atoms with E-state index in [4.69, 9.17) is 4.74 Å². The summed E-state index contributed by atoms with van der Waals surface area (Å²) in [7, 11) is 0. The minimum Gasteiger partial charge on any atom is -0.462 e. The molecule has 0 spiro atoms. The lowest BCUT2D eigenvalue weighted by molar-refractivity contribution is -0.150. The zero-order valence-corrected chi connectivity index (χ0v) is 18.5. The standard InChI is InChI=1S/C24H48O2/c1-5-7-9-11-15-19-23(20-16-12-10-8-6-2)26-24(25)21-17-13-14-18-22(3)4/h22-23H,5-21H2,1-4H3. The molecule has 0 saturated carbocycles. The molecule has 0 fully saturated rings. The van der Waals surface area contributed by atoms with E-state index >= 15 is 0 Å². The van der Waals surface area contributed by atoms with E-state index in [-0.39, 0.29) is 12.1 Å². The lowest BCUT2D eigenvalue weighted by Crippen LogP contribution is -2.18. The number of esters is 1. The van der Waals surface area contributed by atoms with Gasteiger partial charge in [0.15, 0.2) is 0 Å². The number of hydrogen-bond donors (Lipinski definition) is 0. The van der Waals surface area contributed by atoms with Crippen molar-refractivity contribution in [2.75, 3.05) is 0 Å². The van der Waals surface area contributed by atoms with Crippen LogP contribution in [0.1, 0.15) is 137 Å². The highest BCUT2D eigenvalue weighted by molar-refractivity contribution is 5.69. The second kappa shape index (κ2) is 19.2. The summed E-state index contributed by atoms with van der Waals surface area (Å²) in [4.78, 5) is 12.2. The van der Waals surface area contributed by atoms with Crippen molar-refractivity contribution in [1.82, 2.24) is 0 Å². The van der Waals surface area contributed by atoms with Crippen LogP contribution in [-0.4, -0.2) is 12.1 Å². The Morgan fingerprint density at radius 3 is 1.62 bits per heavy atom. The Balaban J connectivity index is 3.99. The molecular weight excluding hydrogens is 320 g/mol. The second-order valence-electron chi connectivity index (χ2n) is 8.51. The van der Waals surface area contributed by atoms with Gasteiger partial charge in [0.1, 0.15) is 6.10 Å². The van der Waals surface area contributed by atoms with E-state index in [0.717, 1.165) is 31.6 Å². The smallest absolute Gasteiger partial charge is 0.306 e. The molecule has 0 saturated heterocycles. The molecule has 0 aliphatic rings. The summed E-state index contributed by atoms with van der Waals surface area (Å²) in [5.41, 5.74) is 0. The molecule has 0 aromatic heterocycles. The van der Waals surface area contributed by atoms with Crippen LogP contribution in [0.3, 0.4) is 0 Å². The fourth-order valence-electron chi connectivity index (χ4n) is 3.46. The minimum atomic E-state index is 0.0432. The number of unbranched alkanes of at least 4 members (excludes halogenated alkanes) is 10. The molecule has 2 heteroatoms. The molecule has 0 amide bonds. The third-order valence-electron chi connectivity index (χ3n) is 5.22. The Bertz CT molecular complexity index is 285. The van der Waals surface area contributed by atoms with Gasteiger partial charge in [-0.05, 0) is 38.0 Å². The van der Waals surface area contributed by atoms with E-state index < -0.39 is 0 Å². The fourth-order valence-corrected chi connectivity index (χ4v) is 3.46. The van der Waals surface area contributed by atoms with Gasteiger partial charge in [0.2, 0.25) is 0 Å². The van der Waals surface area contributed by atoms with Gasteiger partial charge < -0.3 is 4.74 Å². The molecule has 156 valence electrons. The highest BCUT2D eigenvalue weighted by Gasteiger charge is 2.14. The van der Waals surface area contributed by atoms with Crippen molar-refractivity contribution in [2.24, 2.45) is 5.92 Å². The predicted molar refractivity (Wildman–Crippen MR) is 115 cm³/mol. The van der Waals surface area contributed by atoms with Crippen molar-refractivity contribution >= 4 is 5.97 Å². The predicted octanol–water partition coefficient (Wildman–Crippen LogP) is 8.23. The van der Waals surface area contributed by atoms with Crippen LogP contribution in [0, 0.1) is 5.92 Å². The summed E-state index contributed by atoms with van der Waals surface area (Å²) < 4.78 is 5.85. The summed E-state index contributed by atoms with van der Waals surface area (Å²) in [6.07, 6.45) is 20.4. The molecule has 0 aliphatic heterocycles. The molecule has 0 aromatic rings. The largest absolute Gasteiger partial charge is 0.462 e. The molecule has 0 aliphatic carbocycles. The summed E-state index contributed by atoms with van der Waals surface area (Å²) in [6.45, 7) is 9.03. The maximum atomic E-state index is 12.2. The first-order chi connectivity index (χ1) is 12.6. The Morgan fingerprint density at radius 2 is 1.12 bits per heavy atom. The first kappa shape index (κ1) is 25.5. The van der Waals surface area contributed by atoms with Gasteiger partial charge in [-0.15, -0.1) is 0 Å². The van der Waals surface area contributed by atoms with E-state index in [1.54, 1.807) is 0 Å². The van der Waals surface area contributed by atoms with Gasteiger partial charge in [-0.2, -0.15) is 0 Å². The highest BCUT2D eigenvalue weighted by Crippen LogP contribution is 2.18. The van der Waals surface area contributed by atoms with E-state index in [2.05, 4.69) is 27.7 Å². The van der Waals surface area contributed by atoms with Crippen LogP contribution in [0.25, 0.3) is 0 Å². The van der Waals surface area contributed by atoms with Crippen molar-refractivity contribution in [3.63, 3.8) is 0 Å². The van der Waals surface area contributed by atoms with E-state index in [0.29, 0.717) is 6.42 Å². The maximum absolute atomic E-state index is 12.2. The third-order valence-corrected chi connectivity index (χ3v) is 5.22. The van der Waals surface area contributed by atoms with Crippen molar-refractivity contribution < 1.29 is 9.53 Å². The van der Waals surface area contributed by atoms with Crippen LogP contribution in [0.5, 0.6) is 0 Å². The Hall–Kier alpha value is -0.530. The average molecular weight is 369 g/mol. The molecular formula is C24H48O2. The normalized spacial score (nSPS) is 11.5. The lowest BCUT2D eigenvalue weighted by Gasteiger charge is -2.18. The quantitative estimate of drug-likeness (QED) is 0.169. The monoisotopic (exact) mass is 368 g/mol. The average Bonchev–Trinajstić information content (AvgIpc) is 2.60. The SMILES string of the molecule is CCCCCCCC(CCCCCCC)OC(=O)CCCCCC(C)C. The molecule has 0 N–H and O–H groups in total. The van der Waals surface area contributed by atoms with Crippen molar-refractivity contribution in [3.05, 3.63) is 0 Å². The van der Waals surface area contributed by atoms with Crippen LogP contribution in [0.15, 0.2) is 0 Å². The number of rotatable bonds is 19. The summed E-state index contributed by atoms with van der Waals surface area (Å²) in [5, 5.41) is 0. The minimum absolute atomic E-state index is 0.0432. The fraction of sp³-hybridized carbons (Fsp3) is 0.958. The summed E-state index contributed by atoms with van der Waals surface area (Å²) in [6, 6.07) is 0. The third kappa shape index (κ3) is 18.3.